The van der Waals surface area contributed by atoms with Crippen molar-refractivity contribution in [1.29, 1.82) is 0 Å². The van der Waals surface area contributed by atoms with Crippen LogP contribution in [0.3, 0.4) is 0 Å². The van der Waals surface area contributed by atoms with E-state index >= 15 is 0 Å². The van der Waals surface area contributed by atoms with Crippen LogP contribution in [0.15, 0.2) is 46.3 Å². The van der Waals surface area contributed by atoms with Gasteiger partial charge in [-0.05, 0) is 38.9 Å². The smallest absolute Gasteiger partial charge is 0.0635 e. The molecule has 108 valence electrons. The Bertz CT molecular complexity index is 526. The van der Waals surface area contributed by atoms with Crippen LogP contribution in [-0.4, -0.2) is 0 Å². The Labute approximate surface area is 133 Å². The number of nitrogens with two attached hydrogens (primary N) is 1. The Kier molecular flexibility index (Phi) is 5.78. The molecule has 2 nitrogen and oxygen atoms in total. The molecule has 2 aromatic rings. The molecular weight excluding hydrogens is 332 g/mol. The molecule has 0 aliphatic rings. The fraction of sp³-hybridized carbons (Fsp3) is 0.375. The SMILES string of the molecule is CCC(C)C(c1ccccc1)C(NN)c1sccc1Br. The predicted octanol–water partition coefficient (Wildman–Crippen LogP) is 4.84. The second-order valence-electron chi connectivity index (χ2n) is 5.10. The van der Waals surface area contributed by atoms with Crippen molar-refractivity contribution in [1.82, 2.24) is 5.43 Å². The van der Waals surface area contributed by atoms with Crippen molar-refractivity contribution in [3.05, 3.63) is 56.7 Å². The molecule has 0 amide bonds. The van der Waals surface area contributed by atoms with Crippen molar-refractivity contribution in [2.24, 2.45) is 11.8 Å². The highest BCUT2D eigenvalue weighted by Crippen LogP contribution is 2.42. The molecule has 0 saturated heterocycles. The molecule has 1 aromatic heterocycles. The van der Waals surface area contributed by atoms with Crippen molar-refractivity contribution < 1.29 is 0 Å². The molecule has 0 radical (unpaired) electrons. The summed E-state index contributed by atoms with van der Waals surface area (Å²) in [6, 6.07) is 12.9. The molecule has 0 fully saturated rings. The Balaban J connectivity index is 2.42. The highest BCUT2D eigenvalue weighted by Gasteiger charge is 2.30. The lowest BCUT2D eigenvalue weighted by molar-refractivity contribution is 0.346. The molecule has 3 atom stereocenters. The number of nitrogens with one attached hydrogen (secondary N) is 1. The van der Waals surface area contributed by atoms with E-state index in [1.54, 1.807) is 11.3 Å². The van der Waals surface area contributed by atoms with Crippen molar-refractivity contribution >= 4 is 27.3 Å². The molecule has 1 aromatic carbocycles. The van der Waals surface area contributed by atoms with Gasteiger partial charge in [0.15, 0.2) is 0 Å². The van der Waals surface area contributed by atoms with Gasteiger partial charge in [-0.15, -0.1) is 11.3 Å². The standard InChI is InChI=1S/C16H21BrN2S/c1-3-11(2)14(12-7-5-4-6-8-12)15(19-18)16-13(17)9-10-20-16/h4-11,14-15,19H,3,18H2,1-2H3. The Hall–Kier alpha value is -0.680. The Morgan fingerprint density at radius 1 is 1.25 bits per heavy atom. The third-order valence-electron chi connectivity index (χ3n) is 3.91. The van der Waals surface area contributed by atoms with Gasteiger partial charge in [-0.25, -0.2) is 0 Å². The summed E-state index contributed by atoms with van der Waals surface area (Å²) in [6.45, 7) is 4.53. The lowest BCUT2D eigenvalue weighted by atomic mass is 9.80. The lowest BCUT2D eigenvalue weighted by Gasteiger charge is -2.31. The van der Waals surface area contributed by atoms with E-state index in [1.807, 2.05) is 0 Å². The second-order valence-corrected chi connectivity index (χ2v) is 6.90. The number of benzene rings is 1. The van der Waals surface area contributed by atoms with Crippen LogP contribution >= 0.6 is 27.3 Å². The van der Waals surface area contributed by atoms with Crippen LogP contribution in [0.2, 0.25) is 0 Å². The van der Waals surface area contributed by atoms with Crippen LogP contribution in [0.5, 0.6) is 0 Å². The largest absolute Gasteiger partial charge is 0.271 e. The maximum Gasteiger partial charge on any atom is 0.0635 e. The molecule has 3 N–H and O–H groups in total. The van der Waals surface area contributed by atoms with E-state index in [0.717, 1.165) is 10.9 Å². The molecule has 2 rings (SSSR count). The quantitative estimate of drug-likeness (QED) is 0.576. The summed E-state index contributed by atoms with van der Waals surface area (Å²) in [5, 5.41) is 2.10. The zero-order valence-corrected chi connectivity index (χ0v) is 14.2. The molecule has 0 aliphatic carbocycles. The summed E-state index contributed by atoms with van der Waals surface area (Å²) in [4.78, 5) is 1.27. The van der Waals surface area contributed by atoms with Gasteiger partial charge in [-0.2, -0.15) is 0 Å². The molecule has 1 heterocycles. The number of hydrogen-bond donors (Lipinski definition) is 2. The molecule has 0 bridgehead atoms. The van der Waals surface area contributed by atoms with Gasteiger partial charge in [0.25, 0.3) is 0 Å². The first kappa shape index (κ1) is 15.7. The average Bonchev–Trinajstić information content (AvgIpc) is 2.90. The van der Waals surface area contributed by atoms with E-state index in [1.165, 1.54) is 10.4 Å². The van der Waals surface area contributed by atoms with E-state index in [4.69, 9.17) is 5.84 Å². The van der Waals surface area contributed by atoms with Crippen LogP contribution < -0.4 is 11.3 Å². The molecule has 20 heavy (non-hydrogen) atoms. The van der Waals surface area contributed by atoms with Gasteiger partial charge in [0.2, 0.25) is 0 Å². The molecule has 3 unspecified atom stereocenters. The maximum atomic E-state index is 5.90. The average molecular weight is 353 g/mol. The van der Waals surface area contributed by atoms with E-state index in [0.29, 0.717) is 11.8 Å². The van der Waals surface area contributed by atoms with Crippen LogP contribution in [0.25, 0.3) is 0 Å². The van der Waals surface area contributed by atoms with E-state index in [2.05, 4.69) is 77.0 Å². The van der Waals surface area contributed by atoms with E-state index in [-0.39, 0.29) is 6.04 Å². The van der Waals surface area contributed by atoms with Crippen molar-refractivity contribution in [3.8, 4) is 0 Å². The van der Waals surface area contributed by atoms with Gasteiger partial charge in [0, 0.05) is 15.3 Å². The highest BCUT2D eigenvalue weighted by atomic mass is 79.9. The number of hydrazine groups is 1. The van der Waals surface area contributed by atoms with Crippen LogP contribution in [0.1, 0.15) is 42.7 Å². The van der Waals surface area contributed by atoms with Gasteiger partial charge in [-0.1, -0.05) is 50.6 Å². The predicted molar refractivity (Wildman–Crippen MR) is 90.7 cm³/mol. The van der Waals surface area contributed by atoms with Gasteiger partial charge in [-0.3, -0.25) is 11.3 Å². The first-order chi connectivity index (χ1) is 9.69. The van der Waals surface area contributed by atoms with E-state index < -0.39 is 0 Å². The molecule has 4 heteroatoms. The topological polar surface area (TPSA) is 38.0 Å². The Morgan fingerprint density at radius 2 is 1.95 bits per heavy atom. The number of rotatable bonds is 6. The summed E-state index contributed by atoms with van der Waals surface area (Å²) in [6.07, 6.45) is 1.13. The maximum absolute atomic E-state index is 5.90. The monoisotopic (exact) mass is 352 g/mol. The minimum atomic E-state index is 0.127. The van der Waals surface area contributed by atoms with Crippen molar-refractivity contribution in [2.75, 3.05) is 0 Å². The zero-order valence-electron chi connectivity index (χ0n) is 11.8. The minimum absolute atomic E-state index is 0.127. The molecular formula is C16H21BrN2S. The van der Waals surface area contributed by atoms with Crippen LogP contribution in [-0.2, 0) is 0 Å². The zero-order chi connectivity index (χ0) is 14.5. The summed E-state index contributed by atoms with van der Waals surface area (Å²) in [5.41, 5.74) is 4.38. The fourth-order valence-corrected chi connectivity index (χ4v) is 4.38. The Morgan fingerprint density at radius 3 is 2.45 bits per heavy atom. The highest BCUT2D eigenvalue weighted by molar-refractivity contribution is 9.10. The second kappa shape index (κ2) is 7.36. The van der Waals surface area contributed by atoms with Crippen molar-refractivity contribution in [3.63, 3.8) is 0 Å². The third-order valence-corrected chi connectivity index (χ3v) is 5.86. The molecule has 0 saturated carbocycles. The summed E-state index contributed by atoms with van der Waals surface area (Å²) in [7, 11) is 0. The van der Waals surface area contributed by atoms with Gasteiger partial charge in [0.1, 0.15) is 0 Å². The molecule has 0 spiro atoms. The fourth-order valence-electron chi connectivity index (χ4n) is 2.65. The molecule has 0 aliphatic heterocycles. The van der Waals surface area contributed by atoms with Gasteiger partial charge in [0.05, 0.1) is 6.04 Å². The van der Waals surface area contributed by atoms with Gasteiger partial charge >= 0.3 is 0 Å². The number of hydrogen-bond acceptors (Lipinski definition) is 3. The lowest BCUT2D eigenvalue weighted by Crippen LogP contribution is -2.34. The first-order valence-electron chi connectivity index (χ1n) is 6.93. The number of thiophene rings is 1. The minimum Gasteiger partial charge on any atom is -0.271 e. The summed E-state index contributed by atoms with van der Waals surface area (Å²) < 4.78 is 1.13. The first-order valence-corrected chi connectivity index (χ1v) is 8.60. The van der Waals surface area contributed by atoms with Gasteiger partial charge < -0.3 is 0 Å². The number of halogens is 1. The normalized spacial score (nSPS) is 15.8. The van der Waals surface area contributed by atoms with Crippen molar-refractivity contribution in [2.45, 2.75) is 32.2 Å². The third kappa shape index (κ3) is 3.31. The van der Waals surface area contributed by atoms with E-state index in [9.17, 15) is 0 Å². The van der Waals surface area contributed by atoms with Crippen LogP contribution in [0, 0.1) is 5.92 Å². The summed E-state index contributed by atoms with van der Waals surface area (Å²) in [5.74, 6) is 6.81. The summed E-state index contributed by atoms with van der Waals surface area (Å²) >= 11 is 5.38. The van der Waals surface area contributed by atoms with Crippen LogP contribution in [0.4, 0.5) is 0 Å².